The molecule has 27 heavy (non-hydrogen) atoms. The molecule has 9 nitrogen and oxygen atoms in total. The summed E-state index contributed by atoms with van der Waals surface area (Å²) in [7, 11) is 3.67. The quantitative estimate of drug-likeness (QED) is 0.392. The van der Waals surface area contributed by atoms with Crippen LogP contribution in [0.4, 0.5) is 11.4 Å². The standard InChI is InChI=1S/C17H15BrN2O7/c1-25-10-8-12(18)15(13(9-10)20(23)24)19-7-5-4-6-11(16(21)26-2)14(19)17(22)27-3/h4-9H,1-3H3. The van der Waals surface area contributed by atoms with Gasteiger partial charge in [0.1, 0.15) is 17.1 Å². The minimum Gasteiger partial charge on any atom is -0.496 e. The summed E-state index contributed by atoms with van der Waals surface area (Å²) < 4.78 is 14.8. The van der Waals surface area contributed by atoms with Crippen molar-refractivity contribution in [3.05, 3.63) is 62.4 Å². The molecule has 0 aliphatic carbocycles. The number of benzene rings is 1. The minimum atomic E-state index is -0.872. The van der Waals surface area contributed by atoms with Crippen LogP contribution in [0.2, 0.25) is 0 Å². The molecule has 0 saturated heterocycles. The van der Waals surface area contributed by atoms with Crippen LogP contribution >= 0.6 is 15.9 Å². The molecule has 2 rings (SSSR count). The van der Waals surface area contributed by atoms with E-state index in [0.717, 1.165) is 14.2 Å². The number of hydrogen-bond donors (Lipinski definition) is 0. The maximum absolute atomic E-state index is 12.4. The van der Waals surface area contributed by atoms with Gasteiger partial charge >= 0.3 is 11.9 Å². The molecule has 0 bridgehead atoms. The Morgan fingerprint density at radius 3 is 2.33 bits per heavy atom. The Bertz CT molecular complexity index is 890. The highest BCUT2D eigenvalue weighted by Crippen LogP contribution is 2.42. The number of methoxy groups -OCH3 is 3. The molecule has 1 heterocycles. The highest BCUT2D eigenvalue weighted by Gasteiger charge is 2.33. The normalized spacial score (nSPS) is 13.3. The molecule has 0 unspecified atom stereocenters. The van der Waals surface area contributed by atoms with Crippen molar-refractivity contribution >= 4 is 39.2 Å². The van der Waals surface area contributed by atoms with E-state index in [4.69, 9.17) is 14.2 Å². The largest absolute Gasteiger partial charge is 0.496 e. The molecular formula is C17H15BrN2O7. The van der Waals surface area contributed by atoms with E-state index in [1.165, 1.54) is 48.6 Å². The fourth-order valence-corrected chi connectivity index (χ4v) is 3.01. The van der Waals surface area contributed by atoms with Gasteiger partial charge in [-0.25, -0.2) is 9.59 Å². The molecule has 1 aliphatic heterocycles. The number of carbonyl (C=O) groups excluding carboxylic acids is 2. The molecule has 1 aromatic rings. The molecule has 0 saturated carbocycles. The first-order valence-electron chi connectivity index (χ1n) is 7.42. The van der Waals surface area contributed by atoms with E-state index in [2.05, 4.69) is 15.9 Å². The fourth-order valence-electron chi connectivity index (χ4n) is 2.39. The molecule has 0 atom stereocenters. The van der Waals surface area contributed by atoms with Crippen LogP contribution in [-0.4, -0.2) is 38.2 Å². The van der Waals surface area contributed by atoms with E-state index in [1.54, 1.807) is 0 Å². The summed E-state index contributed by atoms with van der Waals surface area (Å²) in [5.41, 5.74) is -0.685. The van der Waals surface area contributed by atoms with Crippen molar-refractivity contribution in [1.82, 2.24) is 0 Å². The smallest absolute Gasteiger partial charge is 0.355 e. The first kappa shape index (κ1) is 20.2. The number of nitro benzene ring substituents is 1. The van der Waals surface area contributed by atoms with Gasteiger partial charge in [0.2, 0.25) is 0 Å². The Morgan fingerprint density at radius 2 is 1.78 bits per heavy atom. The second-order valence-electron chi connectivity index (χ2n) is 5.05. The molecule has 1 aromatic carbocycles. The maximum Gasteiger partial charge on any atom is 0.355 e. The summed E-state index contributed by atoms with van der Waals surface area (Å²) >= 11 is 3.27. The molecule has 0 fully saturated rings. The van der Waals surface area contributed by atoms with Gasteiger partial charge in [-0.05, 0) is 34.1 Å². The third-order valence-electron chi connectivity index (χ3n) is 3.58. The van der Waals surface area contributed by atoms with E-state index in [9.17, 15) is 19.7 Å². The monoisotopic (exact) mass is 438 g/mol. The molecule has 0 spiro atoms. The Hall–Kier alpha value is -3.14. The third-order valence-corrected chi connectivity index (χ3v) is 4.18. The maximum atomic E-state index is 12.4. The van der Waals surface area contributed by atoms with Crippen LogP contribution in [0.25, 0.3) is 0 Å². The zero-order valence-corrected chi connectivity index (χ0v) is 16.2. The summed E-state index contributed by atoms with van der Waals surface area (Å²) in [6.45, 7) is 0. The molecule has 0 aromatic heterocycles. The first-order valence-corrected chi connectivity index (χ1v) is 8.21. The van der Waals surface area contributed by atoms with Crippen LogP contribution in [0.1, 0.15) is 0 Å². The van der Waals surface area contributed by atoms with Gasteiger partial charge in [-0.3, -0.25) is 10.1 Å². The zero-order valence-electron chi connectivity index (χ0n) is 14.6. The molecular weight excluding hydrogens is 424 g/mol. The van der Waals surface area contributed by atoms with Crippen LogP contribution in [-0.2, 0) is 19.1 Å². The Morgan fingerprint density at radius 1 is 1.11 bits per heavy atom. The van der Waals surface area contributed by atoms with Crippen LogP contribution in [0.15, 0.2) is 52.3 Å². The number of esters is 2. The van der Waals surface area contributed by atoms with Gasteiger partial charge < -0.3 is 19.1 Å². The number of anilines is 1. The number of nitro groups is 1. The second kappa shape index (κ2) is 8.49. The lowest BCUT2D eigenvalue weighted by molar-refractivity contribution is -0.384. The molecule has 0 N–H and O–H groups in total. The number of carbonyl (C=O) groups is 2. The Balaban J connectivity index is 2.84. The minimum absolute atomic E-state index is 0.0163. The second-order valence-corrected chi connectivity index (χ2v) is 5.90. The predicted molar refractivity (Wildman–Crippen MR) is 99.2 cm³/mol. The van der Waals surface area contributed by atoms with Crippen molar-refractivity contribution in [3.63, 3.8) is 0 Å². The van der Waals surface area contributed by atoms with E-state index >= 15 is 0 Å². The third kappa shape index (κ3) is 4.00. The lowest BCUT2D eigenvalue weighted by atomic mass is 10.1. The average molecular weight is 439 g/mol. The van der Waals surface area contributed by atoms with Crippen molar-refractivity contribution in [2.45, 2.75) is 0 Å². The Labute approximate surface area is 162 Å². The van der Waals surface area contributed by atoms with Crippen molar-refractivity contribution < 1.29 is 28.7 Å². The van der Waals surface area contributed by atoms with Gasteiger partial charge in [0.15, 0.2) is 0 Å². The predicted octanol–water partition coefficient (Wildman–Crippen LogP) is 2.86. The van der Waals surface area contributed by atoms with Crippen LogP contribution < -0.4 is 9.64 Å². The fraction of sp³-hybridized carbons (Fsp3) is 0.176. The number of ether oxygens (including phenoxy) is 3. The van der Waals surface area contributed by atoms with Crippen LogP contribution in [0, 0.1) is 10.1 Å². The van der Waals surface area contributed by atoms with E-state index in [0.29, 0.717) is 0 Å². The summed E-state index contributed by atoms with van der Waals surface area (Å²) in [6.07, 6.45) is 5.77. The summed E-state index contributed by atoms with van der Waals surface area (Å²) in [4.78, 5) is 36.8. The van der Waals surface area contributed by atoms with Gasteiger partial charge in [0.05, 0.1) is 42.4 Å². The van der Waals surface area contributed by atoms with E-state index < -0.39 is 16.9 Å². The number of rotatable bonds is 5. The summed E-state index contributed by atoms with van der Waals surface area (Å²) in [5.74, 6) is -1.43. The molecule has 142 valence electrons. The van der Waals surface area contributed by atoms with Gasteiger partial charge in [-0.15, -0.1) is 0 Å². The number of halogens is 1. The van der Waals surface area contributed by atoms with Crippen molar-refractivity contribution in [1.29, 1.82) is 0 Å². The SMILES string of the molecule is COC(=O)C1=C(C(=O)OC)N(c2c(Br)cc(OC)cc2[N+](=O)[O-])C=CC=C1. The molecule has 1 aliphatic rings. The van der Waals surface area contributed by atoms with E-state index in [-0.39, 0.29) is 32.9 Å². The molecule has 0 radical (unpaired) electrons. The van der Waals surface area contributed by atoms with E-state index in [1.807, 2.05) is 0 Å². The number of hydrogen-bond acceptors (Lipinski definition) is 8. The number of nitrogens with zero attached hydrogens (tertiary/aromatic N) is 2. The highest BCUT2D eigenvalue weighted by molar-refractivity contribution is 9.10. The van der Waals surface area contributed by atoms with Crippen molar-refractivity contribution in [3.8, 4) is 5.75 Å². The van der Waals surface area contributed by atoms with Crippen LogP contribution in [0.3, 0.4) is 0 Å². The average Bonchev–Trinajstić information content (AvgIpc) is 2.88. The lowest BCUT2D eigenvalue weighted by Crippen LogP contribution is -2.27. The topological polar surface area (TPSA) is 108 Å². The van der Waals surface area contributed by atoms with Gasteiger partial charge in [0.25, 0.3) is 5.69 Å². The summed E-state index contributed by atoms with van der Waals surface area (Å²) in [5, 5.41) is 11.6. The summed E-state index contributed by atoms with van der Waals surface area (Å²) in [6, 6.07) is 2.71. The van der Waals surface area contributed by atoms with Gasteiger partial charge in [-0.2, -0.15) is 0 Å². The Kier molecular flexibility index (Phi) is 6.35. The van der Waals surface area contributed by atoms with Gasteiger partial charge in [0, 0.05) is 6.20 Å². The lowest BCUT2D eigenvalue weighted by Gasteiger charge is -2.24. The highest BCUT2D eigenvalue weighted by atomic mass is 79.9. The van der Waals surface area contributed by atoms with Crippen molar-refractivity contribution in [2.75, 3.05) is 26.2 Å². The number of allylic oxidation sites excluding steroid dienone is 2. The van der Waals surface area contributed by atoms with Crippen molar-refractivity contribution in [2.24, 2.45) is 0 Å². The van der Waals surface area contributed by atoms with Gasteiger partial charge in [-0.1, -0.05) is 6.08 Å². The first-order chi connectivity index (χ1) is 12.8. The van der Waals surface area contributed by atoms with Crippen LogP contribution in [0.5, 0.6) is 5.75 Å². The molecule has 0 amide bonds. The molecule has 10 heteroatoms. The zero-order chi connectivity index (χ0) is 20.1.